The first-order valence-corrected chi connectivity index (χ1v) is 12.6. The van der Waals surface area contributed by atoms with E-state index in [1.54, 1.807) is 41.3 Å². The molecular weight excluding hydrogens is 476 g/mol. The van der Waals surface area contributed by atoms with Crippen LogP contribution in [0.5, 0.6) is 0 Å². The number of carbonyl (C=O) groups is 2. The Morgan fingerprint density at radius 3 is 2.24 bits per heavy atom. The van der Waals surface area contributed by atoms with Gasteiger partial charge in [0.25, 0.3) is 5.91 Å². The van der Waals surface area contributed by atoms with Gasteiger partial charge in [0.1, 0.15) is 6.04 Å². The van der Waals surface area contributed by atoms with E-state index >= 15 is 0 Å². The molecule has 1 unspecified atom stereocenters. The second-order valence-electron chi connectivity index (χ2n) is 8.07. The minimum Gasteiger partial charge on any atom is -0.480 e. The van der Waals surface area contributed by atoms with Gasteiger partial charge >= 0.3 is 5.97 Å². The van der Waals surface area contributed by atoms with Crippen molar-refractivity contribution in [2.45, 2.75) is 30.3 Å². The zero-order chi connectivity index (χ0) is 24.3. The van der Waals surface area contributed by atoms with Gasteiger partial charge in [-0.15, -0.1) is 0 Å². The maximum atomic E-state index is 12.8. The molecule has 1 heterocycles. The van der Waals surface area contributed by atoms with Gasteiger partial charge in [-0.2, -0.15) is 4.72 Å². The third-order valence-corrected chi connectivity index (χ3v) is 7.49. The number of carboxylic acid groups (broad SMARTS) is 1. The molecular formula is C25H23ClN2O5S. The normalized spacial score (nSPS) is 14.1. The molecule has 0 aliphatic carbocycles. The molecule has 4 rings (SSSR count). The first-order chi connectivity index (χ1) is 16.2. The molecule has 1 atom stereocenters. The zero-order valence-electron chi connectivity index (χ0n) is 18.1. The van der Waals surface area contributed by atoms with Gasteiger partial charge in [-0.25, -0.2) is 8.42 Å². The highest BCUT2D eigenvalue weighted by Gasteiger charge is 2.28. The molecule has 0 spiro atoms. The van der Waals surface area contributed by atoms with Gasteiger partial charge in [0.2, 0.25) is 10.0 Å². The third-order valence-electron chi connectivity index (χ3n) is 5.75. The van der Waals surface area contributed by atoms with Gasteiger partial charge in [0, 0.05) is 23.7 Å². The van der Waals surface area contributed by atoms with Crippen LogP contribution < -0.4 is 4.72 Å². The lowest BCUT2D eigenvalue weighted by atomic mass is 10.1. The lowest BCUT2D eigenvalue weighted by Gasteiger charge is -2.18. The van der Waals surface area contributed by atoms with Crippen LogP contribution in [0.1, 0.15) is 28.8 Å². The summed E-state index contributed by atoms with van der Waals surface area (Å²) in [5.74, 6) is -1.36. The van der Waals surface area contributed by atoms with Crippen molar-refractivity contribution in [2.75, 3.05) is 6.54 Å². The summed E-state index contributed by atoms with van der Waals surface area (Å²) in [6.45, 7) is 0.813. The first kappa shape index (κ1) is 23.9. The summed E-state index contributed by atoms with van der Waals surface area (Å²) in [7, 11) is -4.05. The summed E-state index contributed by atoms with van der Waals surface area (Å²) in [5, 5.41) is 10.2. The summed E-state index contributed by atoms with van der Waals surface area (Å²) < 4.78 is 27.9. The number of sulfonamides is 1. The topological polar surface area (TPSA) is 104 Å². The van der Waals surface area contributed by atoms with E-state index in [2.05, 4.69) is 4.72 Å². The quantitative estimate of drug-likeness (QED) is 0.460. The zero-order valence-corrected chi connectivity index (χ0v) is 19.7. The molecule has 1 aliphatic heterocycles. The monoisotopic (exact) mass is 498 g/mol. The number of amides is 1. The fraction of sp³-hybridized carbons (Fsp3) is 0.200. The van der Waals surface area contributed by atoms with Crippen molar-refractivity contribution < 1.29 is 23.1 Å². The molecule has 176 valence electrons. The Balaban J connectivity index is 1.37. The van der Waals surface area contributed by atoms with Gasteiger partial charge in [0.05, 0.1) is 4.90 Å². The van der Waals surface area contributed by atoms with Crippen molar-refractivity contribution >= 4 is 33.5 Å². The fourth-order valence-electron chi connectivity index (χ4n) is 3.94. The Bertz CT molecular complexity index is 1310. The number of nitrogens with one attached hydrogen (secondary N) is 1. The summed E-state index contributed by atoms with van der Waals surface area (Å²) in [4.78, 5) is 25.8. The third kappa shape index (κ3) is 5.30. The lowest BCUT2D eigenvalue weighted by molar-refractivity contribution is -0.139. The van der Waals surface area contributed by atoms with E-state index in [9.17, 15) is 23.1 Å². The van der Waals surface area contributed by atoms with Crippen molar-refractivity contribution in [1.29, 1.82) is 0 Å². The van der Waals surface area contributed by atoms with E-state index in [1.807, 2.05) is 24.3 Å². The molecule has 1 amide bonds. The standard InChI is InChI=1S/C25H23ClN2O5S/c26-20-11-7-17(8-12-20)18-9-13-21(14-10-18)34(32,33)27-23(25(30)31)6-3-15-28-16-19-4-1-2-5-22(19)24(28)29/h1-2,4-5,7-14,23,27H,3,6,15-16H2,(H,30,31). The average molecular weight is 499 g/mol. The molecule has 0 bridgehead atoms. The summed E-state index contributed by atoms with van der Waals surface area (Å²) in [5.41, 5.74) is 3.27. The molecule has 34 heavy (non-hydrogen) atoms. The molecule has 9 heteroatoms. The second-order valence-corrected chi connectivity index (χ2v) is 10.2. The van der Waals surface area contributed by atoms with Gasteiger partial charge in [-0.3, -0.25) is 9.59 Å². The maximum absolute atomic E-state index is 12.8. The van der Waals surface area contributed by atoms with E-state index < -0.39 is 22.0 Å². The van der Waals surface area contributed by atoms with Crippen LogP contribution in [0.4, 0.5) is 0 Å². The van der Waals surface area contributed by atoms with Crippen molar-refractivity contribution in [1.82, 2.24) is 9.62 Å². The van der Waals surface area contributed by atoms with Crippen LogP contribution in [0, 0.1) is 0 Å². The number of hydrogen-bond acceptors (Lipinski definition) is 4. The number of halogens is 1. The molecule has 1 aliphatic rings. The van der Waals surface area contributed by atoms with E-state index in [4.69, 9.17) is 11.6 Å². The summed E-state index contributed by atoms with van der Waals surface area (Å²) in [6, 6.07) is 19.4. The molecule has 3 aromatic rings. The Morgan fingerprint density at radius 1 is 1.00 bits per heavy atom. The highest BCUT2D eigenvalue weighted by molar-refractivity contribution is 7.89. The van der Waals surface area contributed by atoms with Crippen LogP contribution in [0.15, 0.2) is 77.7 Å². The molecule has 0 fully saturated rings. The maximum Gasteiger partial charge on any atom is 0.321 e. The summed E-state index contributed by atoms with van der Waals surface area (Å²) >= 11 is 5.90. The van der Waals surface area contributed by atoms with E-state index in [1.165, 1.54) is 12.1 Å². The molecule has 0 radical (unpaired) electrons. The van der Waals surface area contributed by atoms with E-state index in [0.717, 1.165) is 16.7 Å². The predicted molar refractivity (Wildman–Crippen MR) is 129 cm³/mol. The molecule has 3 aromatic carbocycles. The van der Waals surface area contributed by atoms with Crippen LogP contribution in [-0.4, -0.2) is 42.9 Å². The fourth-order valence-corrected chi connectivity index (χ4v) is 5.29. The highest BCUT2D eigenvalue weighted by atomic mass is 35.5. The number of carboxylic acids is 1. The van der Waals surface area contributed by atoms with Crippen LogP contribution in [0.3, 0.4) is 0 Å². The van der Waals surface area contributed by atoms with Gasteiger partial charge < -0.3 is 10.0 Å². The lowest BCUT2D eigenvalue weighted by Crippen LogP contribution is -2.41. The smallest absolute Gasteiger partial charge is 0.321 e. The minimum absolute atomic E-state index is 0.0263. The Hall–Kier alpha value is -3.20. The van der Waals surface area contributed by atoms with Crippen LogP contribution in [0.25, 0.3) is 11.1 Å². The van der Waals surface area contributed by atoms with E-state index in [-0.39, 0.29) is 17.2 Å². The Morgan fingerprint density at radius 2 is 1.62 bits per heavy atom. The molecule has 0 saturated carbocycles. The Labute approximate surface area is 203 Å². The summed E-state index contributed by atoms with van der Waals surface area (Å²) in [6.07, 6.45) is 0.395. The minimum atomic E-state index is -4.05. The molecule has 0 saturated heterocycles. The predicted octanol–water partition coefficient (Wildman–Crippen LogP) is 4.17. The van der Waals surface area contributed by atoms with Crippen LogP contribution in [-0.2, 0) is 21.4 Å². The average Bonchev–Trinajstić information content (AvgIpc) is 3.14. The van der Waals surface area contributed by atoms with Crippen LogP contribution >= 0.6 is 11.6 Å². The first-order valence-electron chi connectivity index (χ1n) is 10.7. The van der Waals surface area contributed by atoms with Gasteiger partial charge in [-0.05, 0) is 59.9 Å². The largest absolute Gasteiger partial charge is 0.480 e. The van der Waals surface area contributed by atoms with Crippen molar-refractivity contribution in [2.24, 2.45) is 0 Å². The number of nitrogens with zero attached hydrogens (tertiary/aromatic N) is 1. The van der Waals surface area contributed by atoms with E-state index in [0.29, 0.717) is 30.1 Å². The number of rotatable bonds is 9. The van der Waals surface area contributed by atoms with Crippen molar-refractivity contribution in [3.8, 4) is 11.1 Å². The molecule has 2 N–H and O–H groups in total. The molecule has 7 nitrogen and oxygen atoms in total. The number of fused-ring (bicyclic) bond motifs is 1. The van der Waals surface area contributed by atoms with Crippen molar-refractivity contribution in [3.05, 3.63) is 88.9 Å². The number of benzene rings is 3. The highest BCUT2D eigenvalue weighted by Crippen LogP contribution is 2.24. The second kappa shape index (κ2) is 9.97. The van der Waals surface area contributed by atoms with Crippen LogP contribution in [0.2, 0.25) is 5.02 Å². The SMILES string of the molecule is O=C(O)C(CCCN1Cc2ccccc2C1=O)NS(=O)(=O)c1ccc(-c2ccc(Cl)cc2)cc1. The van der Waals surface area contributed by atoms with Gasteiger partial charge in [-0.1, -0.05) is 54.1 Å². The Kier molecular flexibility index (Phi) is 7.02. The van der Waals surface area contributed by atoms with Crippen molar-refractivity contribution in [3.63, 3.8) is 0 Å². The van der Waals surface area contributed by atoms with Gasteiger partial charge in [0.15, 0.2) is 0 Å². The number of aliphatic carboxylic acids is 1. The number of hydrogen-bond donors (Lipinski definition) is 2. The molecule has 0 aromatic heterocycles. The number of carbonyl (C=O) groups excluding carboxylic acids is 1.